The molecule has 0 aliphatic heterocycles. The molecule has 2 unspecified atom stereocenters. The fourth-order valence-corrected chi connectivity index (χ4v) is 10.9. The summed E-state index contributed by atoms with van der Waals surface area (Å²) in [6.45, 7) is 4.93. The standard InChI is InChI=1S/C70H135NO5/c1-3-5-7-9-11-13-15-17-19-21-23-24-25-26-27-28-30-34-38-42-46-50-54-58-62-68(73)67(66-72)71-69(74)63-59-55-51-47-43-39-35-31-29-33-37-41-45-49-53-57-61-65-76-70(75)64-60-56-52-48-44-40-36-32-22-20-18-16-14-12-10-8-6-4-2/h29,33,58,62,67-68,72-73H,3-28,30-32,34-57,59-61,63-66H2,1-2H3,(H,71,74)/b33-29-,62-58+. The minimum atomic E-state index is -0.854. The molecule has 0 aromatic heterocycles. The Hall–Kier alpha value is -1.66. The molecule has 0 fully saturated rings. The van der Waals surface area contributed by atoms with Gasteiger partial charge in [0.25, 0.3) is 0 Å². The Kier molecular flexibility index (Phi) is 64.4. The zero-order chi connectivity index (χ0) is 55.0. The summed E-state index contributed by atoms with van der Waals surface area (Å²) in [7, 11) is 0. The van der Waals surface area contributed by atoms with Crippen LogP contribution in [0.25, 0.3) is 0 Å². The molecule has 76 heavy (non-hydrogen) atoms. The van der Waals surface area contributed by atoms with E-state index in [1.54, 1.807) is 6.08 Å². The summed E-state index contributed by atoms with van der Waals surface area (Å²) in [6.07, 6.45) is 82.4. The van der Waals surface area contributed by atoms with Crippen molar-refractivity contribution in [2.75, 3.05) is 13.2 Å². The van der Waals surface area contributed by atoms with Gasteiger partial charge in [0, 0.05) is 12.8 Å². The topological polar surface area (TPSA) is 95.9 Å². The van der Waals surface area contributed by atoms with Crippen LogP contribution in [0.4, 0.5) is 0 Å². The quantitative estimate of drug-likeness (QED) is 0.0320. The average Bonchev–Trinajstić information content (AvgIpc) is 3.42. The number of carbonyl (C=O) groups excluding carboxylic acids is 2. The highest BCUT2D eigenvalue weighted by Crippen LogP contribution is 2.18. The van der Waals surface area contributed by atoms with Crippen molar-refractivity contribution >= 4 is 11.9 Å². The monoisotopic (exact) mass is 1070 g/mol. The zero-order valence-electron chi connectivity index (χ0n) is 51.5. The summed E-state index contributed by atoms with van der Waals surface area (Å²) < 4.78 is 5.50. The predicted molar refractivity (Wildman–Crippen MR) is 333 cm³/mol. The SMILES string of the molecule is CCCCCCCCCCCCCCCCCCCCCCCC/C=C/C(O)C(CO)NC(=O)CCCCCCCCC/C=C\CCCCCCCCOC(=O)CCCCCCCCCCCCCCCCCCCC. The van der Waals surface area contributed by atoms with Gasteiger partial charge in [0.15, 0.2) is 0 Å². The minimum Gasteiger partial charge on any atom is -0.466 e. The third-order valence-electron chi connectivity index (χ3n) is 16.2. The van der Waals surface area contributed by atoms with E-state index >= 15 is 0 Å². The van der Waals surface area contributed by atoms with Crippen LogP contribution in [-0.2, 0) is 14.3 Å². The van der Waals surface area contributed by atoms with Crippen LogP contribution in [-0.4, -0.2) is 47.4 Å². The molecular formula is C70H135NO5. The smallest absolute Gasteiger partial charge is 0.305 e. The third kappa shape index (κ3) is 61.6. The lowest BCUT2D eigenvalue weighted by Crippen LogP contribution is -2.45. The highest BCUT2D eigenvalue weighted by atomic mass is 16.5. The van der Waals surface area contributed by atoms with Gasteiger partial charge in [-0.25, -0.2) is 0 Å². The largest absolute Gasteiger partial charge is 0.466 e. The molecule has 0 bridgehead atoms. The van der Waals surface area contributed by atoms with Gasteiger partial charge in [0.05, 0.1) is 25.4 Å². The Morgan fingerprint density at radius 3 is 0.934 bits per heavy atom. The van der Waals surface area contributed by atoms with E-state index in [-0.39, 0.29) is 18.5 Å². The van der Waals surface area contributed by atoms with E-state index in [0.717, 1.165) is 57.8 Å². The Labute approximate surface area is 475 Å². The molecule has 450 valence electrons. The van der Waals surface area contributed by atoms with Gasteiger partial charge < -0.3 is 20.3 Å². The lowest BCUT2D eigenvalue weighted by molar-refractivity contribution is -0.143. The van der Waals surface area contributed by atoms with Crippen molar-refractivity contribution in [2.45, 2.75) is 398 Å². The van der Waals surface area contributed by atoms with Gasteiger partial charge in [0.2, 0.25) is 5.91 Å². The van der Waals surface area contributed by atoms with Gasteiger partial charge in [0.1, 0.15) is 0 Å². The summed E-state index contributed by atoms with van der Waals surface area (Å²) in [6, 6.07) is -0.638. The van der Waals surface area contributed by atoms with Crippen molar-refractivity contribution in [2.24, 2.45) is 0 Å². The van der Waals surface area contributed by atoms with E-state index < -0.39 is 12.1 Å². The number of rotatable bonds is 65. The number of ether oxygens (including phenoxy) is 1. The summed E-state index contributed by atoms with van der Waals surface area (Å²) in [5.41, 5.74) is 0. The van der Waals surface area contributed by atoms with Gasteiger partial charge in [-0.2, -0.15) is 0 Å². The maximum atomic E-state index is 12.5. The molecule has 6 nitrogen and oxygen atoms in total. The number of unbranched alkanes of at least 4 members (excludes halogenated alkanes) is 52. The molecule has 0 aromatic carbocycles. The van der Waals surface area contributed by atoms with Crippen molar-refractivity contribution < 1.29 is 24.5 Å². The number of nitrogens with one attached hydrogen (secondary N) is 1. The molecule has 0 rings (SSSR count). The molecule has 0 radical (unpaired) electrons. The van der Waals surface area contributed by atoms with Gasteiger partial charge >= 0.3 is 5.97 Å². The zero-order valence-corrected chi connectivity index (χ0v) is 51.5. The summed E-state index contributed by atoms with van der Waals surface area (Å²) in [5, 5.41) is 23.3. The number of carbonyl (C=O) groups is 2. The normalized spacial score (nSPS) is 12.6. The van der Waals surface area contributed by atoms with E-state index in [1.807, 2.05) is 6.08 Å². The molecule has 0 aliphatic rings. The van der Waals surface area contributed by atoms with Crippen LogP contribution in [0.2, 0.25) is 0 Å². The molecule has 0 saturated heterocycles. The number of allylic oxidation sites excluding steroid dienone is 3. The number of aliphatic hydroxyl groups is 2. The molecule has 3 N–H and O–H groups in total. The number of aliphatic hydroxyl groups excluding tert-OH is 2. The highest BCUT2D eigenvalue weighted by Gasteiger charge is 2.18. The average molecular weight is 1070 g/mol. The Morgan fingerprint density at radius 1 is 0.355 bits per heavy atom. The molecule has 0 heterocycles. The van der Waals surface area contributed by atoms with E-state index in [4.69, 9.17) is 4.74 Å². The lowest BCUT2D eigenvalue weighted by Gasteiger charge is -2.20. The first kappa shape index (κ1) is 74.3. The van der Waals surface area contributed by atoms with Gasteiger partial charge in [-0.3, -0.25) is 9.59 Å². The van der Waals surface area contributed by atoms with Gasteiger partial charge in [-0.05, 0) is 57.8 Å². The van der Waals surface area contributed by atoms with Crippen molar-refractivity contribution in [3.05, 3.63) is 24.3 Å². The first-order valence-corrected chi connectivity index (χ1v) is 34.6. The molecule has 0 aliphatic carbocycles. The van der Waals surface area contributed by atoms with Crippen molar-refractivity contribution in [3.63, 3.8) is 0 Å². The molecule has 0 spiro atoms. The second kappa shape index (κ2) is 65.9. The Morgan fingerprint density at radius 2 is 0.618 bits per heavy atom. The molecule has 0 saturated carbocycles. The Bertz CT molecular complexity index is 1190. The van der Waals surface area contributed by atoms with Crippen LogP contribution >= 0.6 is 0 Å². The summed E-state index contributed by atoms with van der Waals surface area (Å²) >= 11 is 0. The van der Waals surface area contributed by atoms with Crippen LogP contribution in [0.15, 0.2) is 24.3 Å². The van der Waals surface area contributed by atoms with Crippen molar-refractivity contribution in [3.8, 4) is 0 Å². The maximum Gasteiger partial charge on any atom is 0.305 e. The maximum absolute atomic E-state index is 12.5. The summed E-state index contributed by atoms with van der Waals surface area (Å²) in [4.78, 5) is 24.6. The fourth-order valence-electron chi connectivity index (χ4n) is 10.9. The highest BCUT2D eigenvalue weighted by molar-refractivity contribution is 5.76. The van der Waals surface area contributed by atoms with Crippen LogP contribution in [0.1, 0.15) is 386 Å². The van der Waals surface area contributed by atoms with E-state index in [9.17, 15) is 19.8 Å². The molecule has 1 amide bonds. The second-order valence-corrected chi connectivity index (χ2v) is 23.9. The van der Waals surface area contributed by atoms with Crippen LogP contribution in [0, 0.1) is 0 Å². The minimum absolute atomic E-state index is 0.00265. The van der Waals surface area contributed by atoms with E-state index in [2.05, 4.69) is 31.3 Å². The van der Waals surface area contributed by atoms with Crippen molar-refractivity contribution in [1.29, 1.82) is 0 Å². The third-order valence-corrected chi connectivity index (χ3v) is 16.2. The molecular weight excluding hydrogens is 935 g/mol. The first-order valence-electron chi connectivity index (χ1n) is 34.6. The Balaban J connectivity index is 3.45. The number of hydrogen-bond acceptors (Lipinski definition) is 5. The van der Waals surface area contributed by atoms with Crippen molar-refractivity contribution in [1.82, 2.24) is 5.32 Å². The second-order valence-electron chi connectivity index (χ2n) is 23.9. The number of amides is 1. The predicted octanol–water partition coefficient (Wildman–Crippen LogP) is 22.1. The van der Waals surface area contributed by atoms with Gasteiger partial charge in [-0.15, -0.1) is 0 Å². The number of esters is 1. The van der Waals surface area contributed by atoms with Gasteiger partial charge in [-0.1, -0.05) is 340 Å². The van der Waals surface area contributed by atoms with Crippen LogP contribution in [0.3, 0.4) is 0 Å². The fraction of sp³-hybridized carbons (Fsp3) is 0.914. The van der Waals surface area contributed by atoms with Crippen LogP contribution in [0.5, 0.6) is 0 Å². The lowest BCUT2D eigenvalue weighted by atomic mass is 10.0. The molecule has 0 aromatic rings. The van der Waals surface area contributed by atoms with E-state index in [0.29, 0.717) is 19.4 Å². The van der Waals surface area contributed by atoms with Crippen LogP contribution < -0.4 is 5.32 Å². The molecule has 6 heteroatoms. The van der Waals surface area contributed by atoms with E-state index in [1.165, 1.54) is 302 Å². The number of hydrogen-bond donors (Lipinski definition) is 3. The molecule has 2 atom stereocenters. The first-order chi connectivity index (χ1) is 37.5. The summed E-state index contributed by atoms with van der Waals surface area (Å²) in [5.74, 6) is -0.0730.